The van der Waals surface area contributed by atoms with Crippen LogP contribution in [-0.2, 0) is 0 Å². The maximum absolute atomic E-state index is 7.79. The van der Waals surface area contributed by atoms with Crippen LogP contribution in [0.5, 0.6) is 0 Å². The Balaban J connectivity index is 0.854. The summed E-state index contributed by atoms with van der Waals surface area (Å²) in [5.41, 5.74) is 19.0. The van der Waals surface area contributed by atoms with Gasteiger partial charge in [-0.1, -0.05) is 158 Å². The van der Waals surface area contributed by atoms with Crippen LogP contribution < -0.4 is 0 Å². The van der Waals surface area contributed by atoms with E-state index >= 15 is 0 Å². The average molecular weight is 844 g/mol. The van der Waals surface area contributed by atoms with Crippen LogP contribution in [0.2, 0.25) is 0 Å². The van der Waals surface area contributed by atoms with E-state index in [0.717, 1.165) is 50.5 Å². The summed E-state index contributed by atoms with van der Waals surface area (Å²) < 4.78 is 4.82. The minimum absolute atomic E-state index is 0.532. The van der Waals surface area contributed by atoms with Gasteiger partial charge >= 0.3 is 0 Å². The molecule has 5 heteroatoms. The van der Waals surface area contributed by atoms with Gasteiger partial charge in [0, 0.05) is 49.6 Å². The molecule has 0 aliphatic rings. The number of benzene rings is 9. The van der Waals surface area contributed by atoms with Crippen molar-refractivity contribution in [3.63, 3.8) is 0 Å². The lowest BCUT2D eigenvalue weighted by Gasteiger charge is -2.14. The molecule has 0 N–H and O–H groups in total. The molecule has 0 radical (unpaired) electrons. The van der Waals surface area contributed by atoms with Gasteiger partial charge in [0.25, 0.3) is 0 Å². The molecular weight excluding hydrogens is 803 g/mol. The van der Waals surface area contributed by atoms with Gasteiger partial charge in [-0.15, -0.1) is 0 Å². The van der Waals surface area contributed by atoms with E-state index in [4.69, 9.17) is 16.5 Å². The molecule has 0 atom stereocenters. The van der Waals surface area contributed by atoms with Gasteiger partial charge in [-0.25, -0.2) is 14.8 Å². The third kappa shape index (κ3) is 6.47. The van der Waals surface area contributed by atoms with Crippen molar-refractivity contribution in [1.29, 1.82) is 0 Å². The Morgan fingerprint density at radius 2 is 0.879 bits per heavy atom. The summed E-state index contributed by atoms with van der Waals surface area (Å²) in [5.74, 6) is 0.542. The number of hydrogen-bond acceptors (Lipinski definition) is 2. The smallest absolute Gasteiger partial charge is 0.198 e. The Morgan fingerprint density at radius 3 is 1.52 bits per heavy atom. The van der Waals surface area contributed by atoms with Crippen LogP contribution >= 0.6 is 0 Å². The van der Waals surface area contributed by atoms with Crippen molar-refractivity contribution in [1.82, 2.24) is 19.1 Å². The molecule has 12 aromatic rings. The zero-order valence-electron chi connectivity index (χ0n) is 36.4. The topological polar surface area (TPSA) is 40.0 Å². The largest absolute Gasteiger partial charge is 0.309 e. The molecule has 0 unspecified atom stereocenters. The van der Waals surface area contributed by atoms with Gasteiger partial charge in [-0.3, -0.25) is 0 Å². The lowest BCUT2D eigenvalue weighted by molar-refractivity contribution is 1.14. The molecule has 9 aromatic carbocycles. The van der Waals surface area contributed by atoms with Crippen LogP contribution in [-0.4, -0.2) is 19.1 Å². The fourth-order valence-electron chi connectivity index (χ4n) is 9.81. The second-order valence-corrected chi connectivity index (χ2v) is 17.0. The Hall–Kier alpha value is -8.85. The summed E-state index contributed by atoms with van der Waals surface area (Å²) in [6.45, 7) is 12.1. The van der Waals surface area contributed by atoms with E-state index in [-0.39, 0.29) is 0 Å². The van der Waals surface area contributed by atoms with E-state index in [0.29, 0.717) is 11.5 Å². The van der Waals surface area contributed by atoms with Gasteiger partial charge < -0.3 is 9.13 Å². The molecule has 0 saturated heterocycles. The fourth-order valence-corrected chi connectivity index (χ4v) is 9.81. The molecule has 0 aliphatic heterocycles. The third-order valence-electron chi connectivity index (χ3n) is 13.1. The van der Waals surface area contributed by atoms with Crippen molar-refractivity contribution in [2.24, 2.45) is 0 Å². The first-order valence-corrected chi connectivity index (χ1v) is 22.3. The molecule has 0 spiro atoms. The highest BCUT2D eigenvalue weighted by atomic mass is 15.0. The maximum Gasteiger partial charge on any atom is 0.198 e. The summed E-state index contributed by atoms with van der Waals surface area (Å²) in [6.07, 6.45) is 0. The monoisotopic (exact) mass is 843 g/mol. The number of rotatable bonds is 7. The SMILES string of the molecule is [C-]#[N+]c1ccccc1-c1nc(-c2ccc(-c3ccc(-c4ccc(-n5c6ccccc6c6cc(-n7c8ccccc8c8ccccc87)ccc65)c(C)c4)cc3)cc2)cc(-c2ccccc2C)n1. The number of fused-ring (bicyclic) bond motifs is 6. The summed E-state index contributed by atoms with van der Waals surface area (Å²) in [7, 11) is 0. The standard InChI is InChI=1S/C61H41N5/c1-39-14-4-5-15-47(39)55-38-54(63-61(64-55)51-19-6-10-20-53(51)62-3)44-30-28-42(29-31-44)41-24-26-43(27-25-41)45-32-34-56(40(2)36-45)66-59-23-13-9-18-50(59)52-37-46(33-35-60(52)66)65-57-21-11-7-16-48(57)49-17-8-12-22-58(49)65/h4-38H,1-2H3. The molecule has 0 aliphatic carbocycles. The van der Waals surface area contributed by atoms with Gasteiger partial charge in [0.05, 0.1) is 40.0 Å². The van der Waals surface area contributed by atoms with E-state index in [1.165, 1.54) is 66.0 Å². The molecule has 0 fully saturated rings. The van der Waals surface area contributed by atoms with Crippen LogP contribution in [0.3, 0.4) is 0 Å². The highest BCUT2D eigenvalue weighted by Gasteiger charge is 2.18. The van der Waals surface area contributed by atoms with Crippen molar-refractivity contribution in [3.05, 3.63) is 235 Å². The first-order valence-electron chi connectivity index (χ1n) is 22.3. The fraction of sp³-hybridized carbons (Fsp3) is 0.0328. The molecule has 66 heavy (non-hydrogen) atoms. The second kappa shape index (κ2) is 15.7. The summed E-state index contributed by atoms with van der Waals surface area (Å²) in [4.78, 5) is 13.8. The van der Waals surface area contributed by atoms with Crippen LogP contribution in [0.4, 0.5) is 5.69 Å². The van der Waals surface area contributed by atoms with Gasteiger partial charge in [0.2, 0.25) is 0 Å². The van der Waals surface area contributed by atoms with Crippen LogP contribution in [0.25, 0.3) is 116 Å². The normalized spacial score (nSPS) is 11.5. The second-order valence-electron chi connectivity index (χ2n) is 17.0. The molecule has 0 saturated carbocycles. The van der Waals surface area contributed by atoms with E-state index in [9.17, 15) is 0 Å². The summed E-state index contributed by atoms with van der Waals surface area (Å²) >= 11 is 0. The average Bonchev–Trinajstić information content (AvgIpc) is 3.89. The van der Waals surface area contributed by atoms with Crippen LogP contribution in [0, 0.1) is 20.4 Å². The van der Waals surface area contributed by atoms with Crippen molar-refractivity contribution in [2.45, 2.75) is 13.8 Å². The van der Waals surface area contributed by atoms with Crippen molar-refractivity contribution in [2.75, 3.05) is 0 Å². The quantitative estimate of drug-likeness (QED) is 0.150. The highest BCUT2D eigenvalue weighted by Crippen LogP contribution is 2.39. The van der Waals surface area contributed by atoms with Gasteiger partial charge in [0.15, 0.2) is 5.69 Å². The van der Waals surface area contributed by atoms with Crippen molar-refractivity contribution in [3.8, 4) is 67.5 Å². The first kappa shape index (κ1) is 38.8. The highest BCUT2D eigenvalue weighted by molar-refractivity contribution is 6.12. The molecule has 3 aromatic heterocycles. The Morgan fingerprint density at radius 1 is 0.379 bits per heavy atom. The van der Waals surface area contributed by atoms with E-state index in [1.807, 2.05) is 36.4 Å². The molecule has 0 amide bonds. The Bertz CT molecular complexity index is 3850. The van der Waals surface area contributed by atoms with Gasteiger partial charge in [-0.2, -0.15) is 0 Å². The predicted octanol–water partition coefficient (Wildman–Crippen LogP) is 16.2. The number of aromatic nitrogens is 4. The molecule has 0 bridgehead atoms. The minimum atomic E-state index is 0.532. The van der Waals surface area contributed by atoms with E-state index < -0.39 is 0 Å². The lowest BCUT2D eigenvalue weighted by atomic mass is 9.97. The predicted molar refractivity (Wildman–Crippen MR) is 274 cm³/mol. The third-order valence-corrected chi connectivity index (χ3v) is 13.1. The molecule has 5 nitrogen and oxygen atoms in total. The zero-order valence-corrected chi connectivity index (χ0v) is 36.4. The summed E-state index contributed by atoms with van der Waals surface area (Å²) in [6, 6.07) is 75.1. The number of nitrogens with zero attached hydrogens (tertiary/aromatic N) is 5. The molecule has 310 valence electrons. The van der Waals surface area contributed by atoms with Crippen LogP contribution in [0.1, 0.15) is 11.1 Å². The maximum atomic E-state index is 7.79. The number of aryl methyl sites for hydroxylation is 2. The van der Waals surface area contributed by atoms with E-state index in [1.54, 1.807) is 0 Å². The zero-order chi connectivity index (χ0) is 44.3. The van der Waals surface area contributed by atoms with E-state index in [2.05, 4.69) is 204 Å². The first-order chi connectivity index (χ1) is 32.5. The van der Waals surface area contributed by atoms with Crippen molar-refractivity contribution < 1.29 is 0 Å². The summed E-state index contributed by atoms with van der Waals surface area (Å²) in [5, 5.41) is 4.99. The minimum Gasteiger partial charge on any atom is -0.309 e. The Kier molecular flexibility index (Phi) is 9.25. The lowest BCUT2D eigenvalue weighted by Crippen LogP contribution is -1.98. The molecule has 12 rings (SSSR count). The number of para-hydroxylation sites is 4. The van der Waals surface area contributed by atoms with Gasteiger partial charge in [-0.05, 0) is 102 Å². The van der Waals surface area contributed by atoms with Gasteiger partial charge in [0.1, 0.15) is 5.82 Å². The number of hydrogen-bond donors (Lipinski definition) is 0. The van der Waals surface area contributed by atoms with Crippen LogP contribution in [0.15, 0.2) is 212 Å². The Labute approximate surface area is 383 Å². The molecule has 3 heterocycles. The van der Waals surface area contributed by atoms with Crippen molar-refractivity contribution >= 4 is 49.3 Å². The molecular formula is C61H41N5.